The third kappa shape index (κ3) is 6.39. The lowest BCUT2D eigenvalue weighted by molar-refractivity contribution is -0.139. The summed E-state index contributed by atoms with van der Waals surface area (Å²) in [5, 5.41) is 12.7. The lowest BCUT2D eigenvalue weighted by atomic mass is 9.99. The summed E-state index contributed by atoms with van der Waals surface area (Å²) in [5.41, 5.74) is 8.31. The largest absolute Gasteiger partial charge is 0.469 e. The highest BCUT2D eigenvalue weighted by Crippen LogP contribution is 2.25. The quantitative estimate of drug-likeness (QED) is 0.522. The Morgan fingerprint density at radius 1 is 1.34 bits per heavy atom. The Balaban J connectivity index is 2.37. The molecule has 8 heteroatoms. The number of rotatable bonds is 10. The van der Waals surface area contributed by atoms with E-state index in [4.69, 9.17) is 5.73 Å². The van der Waals surface area contributed by atoms with Crippen molar-refractivity contribution in [2.24, 2.45) is 0 Å². The highest BCUT2D eigenvalue weighted by molar-refractivity contribution is 5.72. The first-order valence-corrected chi connectivity index (χ1v) is 9.72. The number of nitrogens with two attached hydrogens (primary N) is 1. The molecule has 2 aromatic rings. The third-order valence-electron chi connectivity index (χ3n) is 4.74. The van der Waals surface area contributed by atoms with Crippen LogP contribution in [0.4, 0.5) is 16.2 Å². The first-order chi connectivity index (χ1) is 13.9. The molecule has 1 aromatic carbocycles. The summed E-state index contributed by atoms with van der Waals surface area (Å²) in [6, 6.07) is 4.59. The Labute approximate surface area is 170 Å². The number of carbonyl (C=O) groups is 1. The van der Waals surface area contributed by atoms with E-state index in [1.54, 1.807) is 19.1 Å². The standard InChI is InChI=1S/C21H29FN4O3/c1-4-5-16(8-9-27)25-20-17(13(2)24-21(23)26-20)12-15-10-14(6-7-18(15)22)11-19(28)29-3/h6-7,10,16,27H,4-5,8-9,11-12H2,1-3H3,(H3,23,24,25,26). The fourth-order valence-corrected chi connectivity index (χ4v) is 3.24. The van der Waals surface area contributed by atoms with Crippen LogP contribution in [0, 0.1) is 12.7 Å². The van der Waals surface area contributed by atoms with Crippen molar-refractivity contribution in [3.8, 4) is 0 Å². The number of ether oxygens (including phenoxy) is 1. The van der Waals surface area contributed by atoms with Crippen molar-refractivity contribution in [3.63, 3.8) is 0 Å². The molecule has 0 aliphatic rings. The molecule has 0 spiro atoms. The summed E-state index contributed by atoms with van der Waals surface area (Å²) in [7, 11) is 1.32. The van der Waals surface area contributed by atoms with Crippen molar-refractivity contribution in [1.29, 1.82) is 0 Å². The number of carbonyl (C=O) groups excluding carboxylic acids is 1. The van der Waals surface area contributed by atoms with Gasteiger partial charge in [0.1, 0.15) is 11.6 Å². The molecule has 0 radical (unpaired) electrons. The van der Waals surface area contributed by atoms with Gasteiger partial charge in [-0.2, -0.15) is 4.98 Å². The number of methoxy groups -OCH3 is 1. The minimum absolute atomic E-state index is 0.0213. The van der Waals surface area contributed by atoms with Crippen molar-refractivity contribution in [3.05, 3.63) is 46.4 Å². The minimum Gasteiger partial charge on any atom is -0.469 e. The van der Waals surface area contributed by atoms with Gasteiger partial charge in [-0.15, -0.1) is 0 Å². The average Bonchev–Trinajstić information content (AvgIpc) is 2.67. The number of hydrogen-bond acceptors (Lipinski definition) is 7. The van der Waals surface area contributed by atoms with Crippen LogP contribution in [0.25, 0.3) is 0 Å². The van der Waals surface area contributed by atoms with Crippen molar-refractivity contribution >= 4 is 17.7 Å². The van der Waals surface area contributed by atoms with Crippen molar-refractivity contribution in [1.82, 2.24) is 9.97 Å². The summed E-state index contributed by atoms with van der Waals surface area (Å²) >= 11 is 0. The molecule has 0 aliphatic carbocycles. The second-order valence-corrected chi connectivity index (χ2v) is 6.99. The first-order valence-electron chi connectivity index (χ1n) is 9.72. The Bertz CT molecular complexity index is 839. The zero-order valence-electron chi connectivity index (χ0n) is 17.2. The summed E-state index contributed by atoms with van der Waals surface area (Å²) < 4.78 is 19.2. The van der Waals surface area contributed by atoms with E-state index in [1.807, 2.05) is 0 Å². The van der Waals surface area contributed by atoms with Crippen LogP contribution in [0.5, 0.6) is 0 Å². The monoisotopic (exact) mass is 404 g/mol. The molecule has 7 nitrogen and oxygen atoms in total. The first kappa shape index (κ1) is 22.5. The average molecular weight is 404 g/mol. The zero-order chi connectivity index (χ0) is 21.4. The zero-order valence-corrected chi connectivity index (χ0v) is 17.2. The molecule has 2 rings (SSSR count). The van der Waals surface area contributed by atoms with Gasteiger partial charge in [0.05, 0.1) is 13.5 Å². The molecule has 0 saturated heterocycles. The molecule has 29 heavy (non-hydrogen) atoms. The van der Waals surface area contributed by atoms with E-state index in [1.165, 1.54) is 13.2 Å². The van der Waals surface area contributed by atoms with Crippen LogP contribution in [-0.2, 0) is 22.4 Å². The number of aliphatic hydroxyl groups excluding tert-OH is 1. The van der Waals surface area contributed by atoms with Gasteiger partial charge in [-0.1, -0.05) is 25.5 Å². The van der Waals surface area contributed by atoms with Crippen LogP contribution in [0.15, 0.2) is 18.2 Å². The van der Waals surface area contributed by atoms with Crippen LogP contribution < -0.4 is 11.1 Å². The van der Waals surface area contributed by atoms with E-state index in [-0.39, 0.29) is 43.2 Å². The second kappa shape index (κ2) is 10.7. The molecule has 0 bridgehead atoms. The molecule has 1 unspecified atom stereocenters. The number of aromatic nitrogens is 2. The van der Waals surface area contributed by atoms with Gasteiger partial charge in [0.2, 0.25) is 5.95 Å². The van der Waals surface area contributed by atoms with Crippen LogP contribution in [0.3, 0.4) is 0 Å². The molecule has 0 saturated carbocycles. The number of benzene rings is 1. The van der Waals surface area contributed by atoms with E-state index in [0.29, 0.717) is 29.1 Å². The van der Waals surface area contributed by atoms with Crippen LogP contribution in [0.1, 0.15) is 48.6 Å². The molecule has 158 valence electrons. The van der Waals surface area contributed by atoms with E-state index in [2.05, 4.69) is 26.9 Å². The predicted octanol–water partition coefficient (Wildman–Crippen LogP) is 2.78. The summed E-state index contributed by atoms with van der Waals surface area (Å²) in [4.78, 5) is 20.1. The molecule has 1 atom stereocenters. The van der Waals surface area contributed by atoms with E-state index in [0.717, 1.165) is 18.4 Å². The SMILES string of the molecule is CCCC(CCO)Nc1nc(N)nc(C)c1Cc1cc(CC(=O)OC)ccc1F. The normalized spacial score (nSPS) is 11.9. The molecule has 0 fully saturated rings. The van der Waals surface area contributed by atoms with E-state index in [9.17, 15) is 14.3 Å². The number of anilines is 2. The lowest BCUT2D eigenvalue weighted by Crippen LogP contribution is -2.23. The smallest absolute Gasteiger partial charge is 0.309 e. The maximum Gasteiger partial charge on any atom is 0.309 e. The number of esters is 1. The number of aryl methyl sites for hydroxylation is 1. The number of nitrogen functional groups attached to an aromatic ring is 1. The third-order valence-corrected chi connectivity index (χ3v) is 4.74. The molecule has 0 aliphatic heterocycles. The van der Waals surface area contributed by atoms with Crippen molar-refractivity contribution in [2.75, 3.05) is 24.8 Å². The van der Waals surface area contributed by atoms with Crippen molar-refractivity contribution < 1.29 is 19.0 Å². The molecule has 1 aromatic heterocycles. The number of nitrogens with one attached hydrogen (secondary N) is 1. The number of aliphatic hydroxyl groups is 1. The van der Waals surface area contributed by atoms with Gasteiger partial charge in [0, 0.05) is 30.3 Å². The number of hydrogen-bond donors (Lipinski definition) is 3. The maximum absolute atomic E-state index is 14.5. The van der Waals surface area contributed by atoms with Gasteiger partial charge in [-0.25, -0.2) is 9.37 Å². The summed E-state index contributed by atoms with van der Waals surface area (Å²) in [5.74, 6) is -0.0860. The highest BCUT2D eigenvalue weighted by atomic mass is 19.1. The molecular weight excluding hydrogens is 375 g/mol. The van der Waals surface area contributed by atoms with E-state index < -0.39 is 0 Å². The molecule has 1 heterocycles. The van der Waals surface area contributed by atoms with E-state index >= 15 is 0 Å². The predicted molar refractivity (Wildman–Crippen MR) is 110 cm³/mol. The fraction of sp³-hybridized carbons (Fsp3) is 0.476. The summed E-state index contributed by atoms with van der Waals surface area (Å²) in [6.45, 7) is 3.92. The van der Waals surface area contributed by atoms with Gasteiger partial charge < -0.3 is 20.9 Å². The Hall–Kier alpha value is -2.74. The van der Waals surface area contributed by atoms with Gasteiger partial charge in [-0.05, 0) is 37.0 Å². The minimum atomic E-state index is -0.386. The molecule has 4 N–H and O–H groups in total. The number of nitrogens with zero attached hydrogens (tertiary/aromatic N) is 2. The second-order valence-electron chi connectivity index (χ2n) is 6.99. The van der Waals surface area contributed by atoms with Gasteiger partial charge >= 0.3 is 5.97 Å². The highest BCUT2D eigenvalue weighted by Gasteiger charge is 2.17. The Morgan fingerprint density at radius 2 is 2.10 bits per heavy atom. The fourth-order valence-electron chi connectivity index (χ4n) is 3.24. The molecule has 0 amide bonds. The van der Waals surface area contributed by atoms with Gasteiger partial charge in [-0.3, -0.25) is 4.79 Å². The van der Waals surface area contributed by atoms with Crippen molar-refractivity contribution in [2.45, 2.75) is 52.0 Å². The maximum atomic E-state index is 14.5. The van der Waals surface area contributed by atoms with Gasteiger partial charge in [0.15, 0.2) is 0 Å². The van der Waals surface area contributed by atoms with Crippen LogP contribution >= 0.6 is 0 Å². The Morgan fingerprint density at radius 3 is 2.76 bits per heavy atom. The molecular formula is C21H29FN4O3. The van der Waals surface area contributed by atoms with Crippen LogP contribution in [0.2, 0.25) is 0 Å². The topological polar surface area (TPSA) is 110 Å². The number of halogens is 1. The summed E-state index contributed by atoms with van der Waals surface area (Å²) in [6.07, 6.45) is 2.68. The van der Waals surface area contributed by atoms with Gasteiger partial charge in [0.25, 0.3) is 0 Å². The lowest BCUT2D eigenvalue weighted by Gasteiger charge is -2.21. The Kier molecular flexibility index (Phi) is 8.33. The van der Waals surface area contributed by atoms with Crippen LogP contribution in [-0.4, -0.2) is 40.8 Å².